The van der Waals surface area contributed by atoms with E-state index in [1.807, 2.05) is 32.0 Å². The number of carbonyl (C=O) groups is 1. The summed E-state index contributed by atoms with van der Waals surface area (Å²) < 4.78 is 0. The number of thioether (sulfide) groups is 1. The quantitative estimate of drug-likeness (QED) is 0.545. The molecule has 0 aliphatic heterocycles. The summed E-state index contributed by atoms with van der Waals surface area (Å²) in [7, 11) is 0. The second-order valence-corrected chi connectivity index (χ2v) is 5.55. The Morgan fingerprint density at radius 3 is 2.94 bits per heavy atom. The molecule has 1 amide bonds. The van der Waals surface area contributed by atoms with E-state index in [4.69, 9.17) is 10.8 Å². The number of aliphatic hydroxyl groups excluding tert-OH is 1. The van der Waals surface area contributed by atoms with E-state index in [2.05, 4.69) is 5.32 Å². The van der Waals surface area contributed by atoms with Crippen LogP contribution in [0.5, 0.6) is 0 Å². The maximum Gasteiger partial charge on any atom is 0.237 e. The smallest absolute Gasteiger partial charge is 0.237 e. The molecule has 0 bridgehead atoms. The van der Waals surface area contributed by atoms with Crippen LogP contribution in [0.15, 0.2) is 18.2 Å². The predicted molar refractivity (Wildman–Crippen MR) is 77.8 cm³/mol. The zero-order valence-corrected chi connectivity index (χ0v) is 11.6. The summed E-state index contributed by atoms with van der Waals surface area (Å²) in [5.41, 5.74) is 8.11. The van der Waals surface area contributed by atoms with E-state index >= 15 is 0 Å². The fourth-order valence-corrected chi connectivity index (χ4v) is 2.28. The summed E-state index contributed by atoms with van der Waals surface area (Å²) in [5.74, 6) is 0.743. The van der Waals surface area contributed by atoms with Crippen LogP contribution < -0.4 is 11.1 Å². The first-order valence-corrected chi connectivity index (χ1v) is 6.99. The van der Waals surface area contributed by atoms with Crippen molar-refractivity contribution in [2.45, 2.75) is 25.5 Å². The molecule has 0 spiro atoms. The average Bonchev–Trinajstić information content (AvgIpc) is 2.35. The lowest BCUT2D eigenvalue weighted by molar-refractivity contribution is -0.115. The van der Waals surface area contributed by atoms with Crippen molar-refractivity contribution in [1.29, 1.82) is 0 Å². The normalized spacial score (nSPS) is 12.2. The third-order valence-corrected chi connectivity index (χ3v) is 3.91. The molecule has 100 valence electrons. The number of hydrogen-bond acceptors (Lipinski definition) is 4. The van der Waals surface area contributed by atoms with E-state index in [0.717, 1.165) is 17.0 Å². The minimum absolute atomic E-state index is 0.0355. The number of carbonyl (C=O) groups excluding carboxylic acids is 1. The van der Waals surface area contributed by atoms with Gasteiger partial charge in [-0.1, -0.05) is 6.07 Å². The SMILES string of the molecule is Cc1c(N)cccc1NC(=O)C(C)SCCCO. The third kappa shape index (κ3) is 4.23. The van der Waals surface area contributed by atoms with Crippen LogP contribution in [-0.4, -0.2) is 28.6 Å². The van der Waals surface area contributed by atoms with Crippen molar-refractivity contribution >= 4 is 29.0 Å². The lowest BCUT2D eigenvalue weighted by atomic mass is 10.1. The number of rotatable bonds is 6. The molecule has 0 heterocycles. The molecule has 0 radical (unpaired) electrons. The van der Waals surface area contributed by atoms with Gasteiger partial charge in [-0.05, 0) is 43.7 Å². The number of nitrogens with two attached hydrogens (primary N) is 1. The second-order valence-electron chi connectivity index (χ2n) is 4.10. The van der Waals surface area contributed by atoms with E-state index in [-0.39, 0.29) is 17.8 Å². The first-order valence-electron chi connectivity index (χ1n) is 5.94. The Balaban J connectivity index is 2.56. The van der Waals surface area contributed by atoms with Gasteiger partial charge in [0.25, 0.3) is 0 Å². The molecular formula is C13H20N2O2S. The predicted octanol–water partition coefficient (Wildman–Crippen LogP) is 2.02. The van der Waals surface area contributed by atoms with Gasteiger partial charge in [0.15, 0.2) is 0 Å². The van der Waals surface area contributed by atoms with Crippen molar-refractivity contribution in [1.82, 2.24) is 0 Å². The maximum absolute atomic E-state index is 11.9. The molecule has 4 nitrogen and oxygen atoms in total. The maximum atomic E-state index is 11.9. The Bertz CT molecular complexity index is 410. The Hall–Kier alpha value is -1.20. The highest BCUT2D eigenvalue weighted by Gasteiger charge is 2.14. The van der Waals surface area contributed by atoms with E-state index in [1.54, 1.807) is 0 Å². The minimum atomic E-state index is -0.141. The van der Waals surface area contributed by atoms with Gasteiger partial charge in [-0.25, -0.2) is 0 Å². The molecule has 0 saturated carbocycles. The monoisotopic (exact) mass is 268 g/mol. The molecule has 4 N–H and O–H groups in total. The topological polar surface area (TPSA) is 75.3 Å². The van der Waals surface area contributed by atoms with Gasteiger partial charge in [0.05, 0.1) is 5.25 Å². The first kappa shape index (κ1) is 14.9. The molecule has 0 aliphatic rings. The highest BCUT2D eigenvalue weighted by atomic mass is 32.2. The largest absolute Gasteiger partial charge is 0.398 e. The Labute approximate surface area is 112 Å². The van der Waals surface area contributed by atoms with Gasteiger partial charge in [0, 0.05) is 18.0 Å². The first-order chi connectivity index (χ1) is 8.56. The van der Waals surface area contributed by atoms with Crippen molar-refractivity contribution < 1.29 is 9.90 Å². The van der Waals surface area contributed by atoms with Gasteiger partial charge in [0.2, 0.25) is 5.91 Å². The highest BCUT2D eigenvalue weighted by molar-refractivity contribution is 8.00. The molecule has 1 unspecified atom stereocenters. The van der Waals surface area contributed by atoms with Crippen LogP contribution in [0.3, 0.4) is 0 Å². The van der Waals surface area contributed by atoms with Crippen LogP contribution in [0.25, 0.3) is 0 Å². The van der Waals surface area contributed by atoms with E-state index in [0.29, 0.717) is 12.1 Å². The average molecular weight is 268 g/mol. The van der Waals surface area contributed by atoms with Gasteiger partial charge >= 0.3 is 0 Å². The fourth-order valence-electron chi connectivity index (χ4n) is 1.42. The number of nitrogens with one attached hydrogen (secondary N) is 1. The Morgan fingerprint density at radius 2 is 2.28 bits per heavy atom. The lowest BCUT2D eigenvalue weighted by Crippen LogP contribution is -2.23. The minimum Gasteiger partial charge on any atom is -0.398 e. The van der Waals surface area contributed by atoms with Crippen LogP contribution in [-0.2, 0) is 4.79 Å². The van der Waals surface area contributed by atoms with Crippen molar-refractivity contribution in [3.05, 3.63) is 23.8 Å². The summed E-state index contributed by atoms with van der Waals surface area (Å²) in [6.45, 7) is 3.91. The molecule has 0 aromatic heterocycles. The molecule has 18 heavy (non-hydrogen) atoms. The van der Waals surface area contributed by atoms with Gasteiger partial charge in [-0.3, -0.25) is 4.79 Å². The third-order valence-electron chi connectivity index (χ3n) is 2.67. The van der Waals surface area contributed by atoms with Crippen molar-refractivity contribution in [3.63, 3.8) is 0 Å². The molecular weight excluding hydrogens is 248 g/mol. The summed E-state index contributed by atoms with van der Waals surface area (Å²) in [6.07, 6.45) is 0.708. The molecule has 5 heteroatoms. The summed E-state index contributed by atoms with van der Waals surface area (Å²) in [5, 5.41) is 11.4. The van der Waals surface area contributed by atoms with Crippen LogP contribution in [0.1, 0.15) is 18.9 Å². The molecule has 0 saturated heterocycles. The number of anilines is 2. The highest BCUT2D eigenvalue weighted by Crippen LogP contribution is 2.22. The summed E-state index contributed by atoms with van der Waals surface area (Å²) >= 11 is 1.54. The molecule has 1 aromatic rings. The van der Waals surface area contributed by atoms with Crippen molar-refractivity contribution in [3.8, 4) is 0 Å². The van der Waals surface area contributed by atoms with Gasteiger partial charge < -0.3 is 16.2 Å². The van der Waals surface area contributed by atoms with Crippen LogP contribution in [0.4, 0.5) is 11.4 Å². The van der Waals surface area contributed by atoms with E-state index in [1.165, 1.54) is 11.8 Å². The zero-order chi connectivity index (χ0) is 13.5. The fraction of sp³-hybridized carbons (Fsp3) is 0.462. The number of nitrogen functional groups attached to an aromatic ring is 1. The number of aliphatic hydroxyl groups is 1. The Morgan fingerprint density at radius 1 is 1.56 bits per heavy atom. The van der Waals surface area contributed by atoms with E-state index in [9.17, 15) is 4.79 Å². The van der Waals surface area contributed by atoms with Crippen LogP contribution in [0.2, 0.25) is 0 Å². The summed E-state index contributed by atoms with van der Waals surface area (Å²) in [4.78, 5) is 11.9. The molecule has 1 rings (SSSR count). The molecule has 1 aromatic carbocycles. The Kier molecular flexibility index (Phi) is 6.01. The molecule has 1 atom stereocenters. The standard InChI is InChI=1S/C13H20N2O2S/c1-9-11(14)5-3-6-12(9)15-13(17)10(2)18-8-4-7-16/h3,5-6,10,16H,4,7-8,14H2,1-2H3,(H,15,17). The van der Waals surface area contributed by atoms with Crippen molar-refractivity contribution in [2.75, 3.05) is 23.4 Å². The second kappa shape index (κ2) is 7.28. The molecule has 0 aliphatic carbocycles. The van der Waals surface area contributed by atoms with Crippen LogP contribution >= 0.6 is 11.8 Å². The van der Waals surface area contributed by atoms with Gasteiger partial charge in [-0.2, -0.15) is 0 Å². The number of hydrogen-bond donors (Lipinski definition) is 3. The zero-order valence-electron chi connectivity index (χ0n) is 10.8. The van der Waals surface area contributed by atoms with E-state index < -0.39 is 0 Å². The van der Waals surface area contributed by atoms with Crippen molar-refractivity contribution in [2.24, 2.45) is 0 Å². The molecule has 0 fully saturated rings. The van der Waals surface area contributed by atoms with Gasteiger partial charge in [0.1, 0.15) is 0 Å². The lowest BCUT2D eigenvalue weighted by Gasteiger charge is -2.14. The summed E-state index contributed by atoms with van der Waals surface area (Å²) in [6, 6.07) is 5.47. The van der Waals surface area contributed by atoms with Crippen LogP contribution in [0, 0.1) is 6.92 Å². The number of amides is 1. The van der Waals surface area contributed by atoms with Gasteiger partial charge in [-0.15, -0.1) is 11.8 Å². The number of benzene rings is 1.